The van der Waals surface area contributed by atoms with Gasteiger partial charge in [-0.3, -0.25) is 4.18 Å². The van der Waals surface area contributed by atoms with Gasteiger partial charge in [0.05, 0.1) is 4.90 Å². The molecule has 0 bridgehead atoms. The summed E-state index contributed by atoms with van der Waals surface area (Å²) >= 11 is 0. The number of benzene rings is 1. The number of hydrogen-bond donors (Lipinski definition) is 1. The number of aliphatic hydroxyl groups excluding tert-OH is 1. The maximum absolute atomic E-state index is 11.9. The van der Waals surface area contributed by atoms with E-state index in [-0.39, 0.29) is 4.90 Å². The van der Waals surface area contributed by atoms with Crippen LogP contribution in [0.15, 0.2) is 51.9 Å². The van der Waals surface area contributed by atoms with Crippen LogP contribution in [0.3, 0.4) is 0 Å². The fourth-order valence-electron chi connectivity index (χ4n) is 1.39. The monoisotopic (exact) mass is 343 g/mol. The van der Waals surface area contributed by atoms with Gasteiger partial charge in [-0.1, -0.05) is 18.2 Å². The highest BCUT2D eigenvalue weighted by Crippen LogP contribution is 2.16. The topological polar surface area (TPSA) is 119 Å². The lowest BCUT2D eigenvalue weighted by Gasteiger charge is -2.19. The minimum absolute atomic E-state index is 0.134. The van der Waals surface area contributed by atoms with E-state index in [0.29, 0.717) is 0 Å². The summed E-state index contributed by atoms with van der Waals surface area (Å²) in [5, 5.41) is 12.1. The third-order valence-corrected chi connectivity index (χ3v) is 3.62. The quantitative estimate of drug-likeness (QED) is 0.276. The second-order valence-electron chi connectivity index (χ2n) is 5.42. The molecule has 0 unspecified atom stereocenters. The number of nitroso groups, excluding NO2 is 1. The molecular weight excluding hydrogens is 326 g/mol. The zero-order valence-electron chi connectivity index (χ0n) is 12.8. The Kier molecular flexibility index (Phi) is 5.99. The van der Waals surface area contributed by atoms with Gasteiger partial charge in [0.1, 0.15) is 12.2 Å². The largest absolute Gasteiger partial charge is 0.507 e. The molecule has 0 aliphatic heterocycles. The average molecular weight is 343 g/mol. The zero-order valence-corrected chi connectivity index (χ0v) is 13.7. The fourth-order valence-corrected chi connectivity index (χ4v) is 2.28. The first-order valence-corrected chi connectivity index (χ1v) is 7.91. The molecule has 1 aromatic carbocycles. The number of carbonyl (C=O) groups excluding carboxylic acids is 1. The summed E-state index contributed by atoms with van der Waals surface area (Å²) in [5.74, 6) is -2.11. The van der Waals surface area contributed by atoms with Crippen molar-refractivity contribution >= 4 is 16.1 Å². The molecule has 9 heteroatoms. The highest BCUT2D eigenvalue weighted by atomic mass is 32.2. The van der Waals surface area contributed by atoms with Crippen LogP contribution >= 0.6 is 0 Å². The van der Waals surface area contributed by atoms with Crippen LogP contribution < -0.4 is 0 Å². The Morgan fingerprint density at radius 1 is 1.22 bits per heavy atom. The van der Waals surface area contributed by atoms with Gasteiger partial charge in [0, 0.05) is 0 Å². The number of esters is 1. The number of hydrogen-bond acceptors (Lipinski definition) is 8. The van der Waals surface area contributed by atoms with Crippen molar-refractivity contribution in [2.24, 2.45) is 5.18 Å². The molecule has 1 aromatic rings. The standard InChI is InChI=1S/C14H17NO7S/c1-14(2,3)22-13(17)12(15-18)11(16)9-21-23(19,20)10-7-5-4-6-8-10/h4-8,16H,9H2,1-3H3. The molecule has 1 N–H and O–H groups in total. The highest BCUT2D eigenvalue weighted by Gasteiger charge is 2.25. The summed E-state index contributed by atoms with van der Waals surface area (Å²) in [5.41, 5.74) is -1.85. The summed E-state index contributed by atoms with van der Waals surface area (Å²) < 4.78 is 33.2. The lowest BCUT2D eigenvalue weighted by Crippen LogP contribution is -2.25. The van der Waals surface area contributed by atoms with Crippen LogP contribution in [0.4, 0.5) is 0 Å². The van der Waals surface area contributed by atoms with Gasteiger partial charge >= 0.3 is 5.97 Å². The molecule has 0 aliphatic carbocycles. The van der Waals surface area contributed by atoms with Crippen molar-refractivity contribution in [2.75, 3.05) is 6.61 Å². The molecule has 0 aliphatic rings. The maximum atomic E-state index is 11.9. The summed E-state index contributed by atoms with van der Waals surface area (Å²) in [4.78, 5) is 22.2. The Hall–Kier alpha value is -2.26. The second-order valence-corrected chi connectivity index (χ2v) is 7.03. The molecule has 0 saturated carbocycles. The van der Waals surface area contributed by atoms with E-state index >= 15 is 0 Å². The Bertz CT molecular complexity index is 702. The molecule has 0 radical (unpaired) electrons. The van der Waals surface area contributed by atoms with Gasteiger partial charge < -0.3 is 9.84 Å². The lowest BCUT2D eigenvalue weighted by molar-refractivity contribution is -0.150. The summed E-state index contributed by atoms with van der Waals surface area (Å²) in [6, 6.07) is 7.19. The first kappa shape index (κ1) is 18.8. The Morgan fingerprint density at radius 2 is 1.78 bits per heavy atom. The minimum Gasteiger partial charge on any atom is -0.507 e. The van der Waals surface area contributed by atoms with Gasteiger partial charge in [0.2, 0.25) is 5.70 Å². The predicted molar refractivity (Wildman–Crippen MR) is 80.9 cm³/mol. The van der Waals surface area contributed by atoms with Crippen molar-refractivity contribution in [2.45, 2.75) is 31.3 Å². The third-order valence-electron chi connectivity index (χ3n) is 2.34. The van der Waals surface area contributed by atoms with E-state index in [4.69, 9.17) is 4.74 Å². The molecule has 0 amide bonds. The van der Waals surface area contributed by atoms with E-state index in [9.17, 15) is 23.2 Å². The van der Waals surface area contributed by atoms with Crippen molar-refractivity contribution in [1.29, 1.82) is 0 Å². The van der Waals surface area contributed by atoms with Crippen LogP contribution in [0.25, 0.3) is 0 Å². The van der Waals surface area contributed by atoms with Gasteiger partial charge in [-0.25, -0.2) is 4.79 Å². The Labute approximate surface area is 133 Å². The van der Waals surface area contributed by atoms with Crippen LogP contribution in [0.5, 0.6) is 0 Å². The van der Waals surface area contributed by atoms with Crippen LogP contribution in [-0.2, 0) is 23.8 Å². The van der Waals surface area contributed by atoms with E-state index in [1.54, 1.807) is 26.8 Å². The van der Waals surface area contributed by atoms with Crippen molar-refractivity contribution in [3.8, 4) is 0 Å². The molecule has 1 rings (SSSR count). The summed E-state index contributed by atoms with van der Waals surface area (Å²) in [6.45, 7) is 3.75. The number of carbonyl (C=O) groups is 1. The van der Waals surface area contributed by atoms with E-state index in [0.717, 1.165) is 0 Å². The van der Waals surface area contributed by atoms with E-state index in [1.165, 1.54) is 24.3 Å². The normalized spacial score (nSPS) is 13.2. The number of aliphatic hydroxyl groups is 1. The number of rotatable bonds is 6. The molecule has 126 valence electrons. The van der Waals surface area contributed by atoms with Crippen LogP contribution in [0.2, 0.25) is 0 Å². The van der Waals surface area contributed by atoms with Gasteiger partial charge in [-0.05, 0) is 38.1 Å². The zero-order chi connectivity index (χ0) is 17.7. The van der Waals surface area contributed by atoms with E-state index in [2.05, 4.69) is 9.36 Å². The summed E-state index contributed by atoms with van der Waals surface area (Å²) in [6.07, 6.45) is 0. The van der Waals surface area contributed by atoms with Crippen LogP contribution in [0.1, 0.15) is 20.8 Å². The maximum Gasteiger partial charge on any atom is 0.364 e. The SMILES string of the molecule is CC(C)(C)OC(=O)C(N=O)=C(O)COS(=O)(=O)c1ccccc1. The van der Waals surface area contributed by atoms with Crippen molar-refractivity contribution < 1.29 is 27.2 Å². The molecule has 23 heavy (non-hydrogen) atoms. The highest BCUT2D eigenvalue weighted by molar-refractivity contribution is 7.86. The first-order chi connectivity index (χ1) is 10.6. The molecule has 0 spiro atoms. The van der Waals surface area contributed by atoms with Crippen molar-refractivity contribution in [3.05, 3.63) is 46.7 Å². The van der Waals surface area contributed by atoms with Crippen molar-refractivity contribution in [1.82, 2.24) is 0 Å². The van der Waals surface area contributed by atoms with Crippen molar-refractivity contribution in [3.63, 3.8) is 0 Å². The van der Waals surface area contributed by atoms with Gasteiger partial charge in [0.15, 0.2) is 5.76 Å². The van der Waals surface area contributed by atoms with Gasteiger partial charge in [-0.2, -0.15) is 8.42 Å². The lowest BCUT2D eigenvalue weighted by atomic mass is 10.2. The van der Waals surface area contributed by atoms with Crippen LogP contribution in [-0.4, -0.2) is 31.7 Å². The average Bonchev–Trinajstić information content (AvgIpc) is 2.45. The molecule has 0 heterocycles. The Balaban J connectivity index is 2.89. The van der Waals surface area contributed by atoms with E-state index in [1.807, 2.05) is 0 Å². The smallest absolute Gasteiger partial charge is 0.364 e. The molecular formula is C14H17NO7S. The molecule has 8 nitrogen and oxygen atoms in total. The first-order valence-electron chi connectivity index (χ1n) is 6.50. The molecule has 0 atom stereocenters. The molecule has 0 fully saturated rings. The fraction of sp³-hybridized carbons (Fsp3) is 0.357. The Morgan fingerprint density at radius 3 is 2.26 bits per heavy atom. The predicted octanol–water partition coefficient (Wildman–Crippen LogP) is 2.27. The number of ether oxygens (including phenoxy) is 1. The minimum atomic E-state index is -4.15. The van der Waals surface area contributed by atoms with Crippen LogP contribution in [0, 0.1) is 4.91 Å². The molecule has 0 aromatic heterocycles. The van der Waals surface area contributed by atoms with Gasteiger partial charge in [-0.15, -0.1) is 4.91 Å². The molecule has 0 saturated heterocycles. The summed E-state index contributed by atoms with van der Waals surface area (Å²) in [7, 11) is -4.15. The van der Waals surface area contributed by atoms with Gasteiger partial charge in [0.25, 0.3) is 10.1 Å². The number of nitrogens with zero attached hydrogens (tertiary/aromatic N) is 1. The second kappa shape index (κ2) is 7.34. The third kappa shape index (κ3) is 5.80. The van der Waals surface area contributed by atoms with E-state index < -0.39 is 39.8 Å².